The third kappa shape index (κ3) is 2.22. The second-order valence-corrected chi connectivity index (χ2v) is 4.29. The highest BCUT2D eigenvalue weighted by atomic mass is 32.2. The first-order chi connectivity index (χ1) is 7.50. The highest BCUT2D eigenvalue weighted by molar-refractivity contribution is 7.89. The Morgan fingerprint density at radius 3 is 2.38 bits per heavy atom. The van der Waals surface area contributed by atoms with E-state index in [0.29, 0.717) is 0 Å². The van der Waals surface area contributed by atoms with Crippen LogP contribution >= 0.6 is 0 Å². The SMILES string of the molecule is [N-]=[N+]=NN(C(=O)O)S(=O)(=O)c1ccccc1. The molecule has 9 heteroatoms. The van der Waals surface area contributed by atoms with E-state index in [-0.39, 0.29) is 9.31 Å². The number of hydrogen-bond acceptors (Lipinski definition) is 4. The van der Waals surface area contributed by atoms with Crippen molar-refractivity contribution in [3.63, 3.8) is 0 Å². The van der Waals surface area contributed by atoms with E-state index < -0.39 is 16.1 Å². The number of nitrogens with zero attached hydrogens (tertiary/aromatic N) is 4. The average molecular weight is 242 g/mol. The van der Waals surface area contributed by atoms with Gasteiger partial charge in [0.25, 0.3) is 0 Å². The van der Waals surface area contributed by atoms with Gasteiger partial charge in [-0.1, -0.05) is 18.2 Å². The van der Waals surface area contributed by atoms with Gasteiger partial charge in [0.2, 0.25) is 0 Å². The molecule has 8 nitrogen and oxygen atoms in total. The summed E-state index contributed by atoms with van der Waals surface area (Å²) in [7, 11) is -4.35. The van der Waals surface area contributed by atoms with E-state index in [9.17, 15) is 13.2 Å². The van der Waals surface area contributed by atoms with Crippen molar-refractivity contribution in [2.24, 2.45) is 5.22 Å². The summed E-state index contributed by atoms with van der Waals surface area (Å²) in [5.41, 5.74) is 8.08. The zero-order chi connectivity index (χ0) is 12.2. The summed E-state index contributed by atoms with van der Waals surface area (Å²) in [6.45, 7) is 0. The Bertz CT molecular complexity index is 533. The van der Waals surface area contributed by atoms with Crippen LogP contribution in [0, 0.1) is 0 Å². The topological polar surface area (TPSA) is 123 Å². The largest absolute Gasteiger partial charge is 0.524 e. The molecule has 0 aliphatic carbocycles. The van der Waals surface area contributed by atoms with Crippen molar-refractivity contribution < 1.29 is 18.3 Å². The van der Waals surface area contributed by atoms with Gasteiger partial charge in [0.15, 0.2) is 0 Å². The van der Waals surface area contributed by atoms with Crippen LogP contribution in [0.3, 0.4) is 0 Å². The Balaban J connectivity index is 3.30. The fourth-order valence-corrected chi connectivity index (χ4v) is 1.95. The molecule has 0 radical (unpaired) electrons. The molecule has 0 spiro atoms. The number of sulfonamides is 1. The van der Waals surface area contributed by atoms with Gasteiger partial charge in [-0.2, -0.15) is 18.1 Å². The Labute approximate surface area is 90.4 Å². The quantitative estimate of drug-likeness (QED) is 0.374. The summed E-state index contributed by atoms with van der Waals surface area (Å²) >= 11 is 0. The standard InChI is InChI=1S/C7H6N4O4S/c8-9-10-11(7(12)13)16(14,15)6-4-2-1-3-5-6/h1-5H,(H,12,13). The van der Waals surface area contributed by atoms with Crippen LogP contribution in [0.4, 0.5) is 4.79 Å². The number of carboxylic acid groups (broad SMARTS) is 1. The molecule has 0 saturated heterocycles. The van der Waals surface area contributed by atoms with Gasteiger partial charge in [0.05, 0.1) is 0 Å². The minimum Gasteiger partial charge on any atom is -0.446 e. The van der Waals surface area contributed by atoms with Gasteiger partial charge in [0.1, 0.15) is 4.90 Å². The molecular formula is C7H6N4O4S. The molecule has 0 aliphatic rings. The van der Waals surface area contributed by atoms with Crippen LogP contribution in [0.25, 0.3) is 10.4 Å². The van der Waals surface area contributed by atoms with Crippen molar-refractivity contribution >= 4 is 16.1 Å². The van der Waals surface area contributed by atoms with E-state index in [1.165, 1.54) is 24.3 Å². The first-order valence-corrected chi connectivity index (χ1v) is 5.32. The molecule has 1 rings (SSSR count). The maximum Gasteiger partial charge on any atom is 0.524 e. The molecule has 0 aliphatic heterocycles. The molecule has 0 unspecified atom stereocenters. The van der Waals surface area contributed by atoms with Crippen LogP contribution in [0.2, 0.25) is 0 Å². The van der Waals surface area contributed by atoms with Crippen molar-refractivity contribution in [1.29, 1.82) is 0 Å². The van der Waals surface area contributed by atoms with Gasteiger partial charge >= 0.3 is 16.1 Å². The second-order valence-electron chi connectivity index (χ2n) is 2.52. The maximum absolute atomic E-state index is 11.6. The van der Waals surface area contributed by atoms with E-state index >= 15 is 0 Å². The van der Waals surface area contributed by atoms with E-state index in [1.807, 2.05) is 0 Å². The van der Waals surface area contributed by atoms with Gasteiger partial charge in [0, 0.05) is 5.22 Å². The zero-order valence-corrected chi connectivity index (χ0v) is 8.57. The Morgan fingerprint density at radius 1 is 1.38 bits per heavy atom. The molecule has 16 heavy (non-hydrogen) atoms. The highest BCUT2D eigenvalue weighted by Gasteiger charge is 2.33. The molecule has 1 aromatic carbocycles. The summed E-state index contributed by atoms with van der Waals surface area (Å²) in [6, 6.07) is 6.79. The second kappa shape index (κ2) is 4.51. The number of rotatable bonds is 3. The van der Waals surface area contributed by atoms with Crippen LogP contribution in [-0.4, -0.2) is 24.0 Å². The van der Waals surface area contributed by atoms with Gasteiger partial charge < -0.3 is 5.11 Å². The van der Waals surface area contributed by atoms with Gasteiger partial charge in [-0.05, 0) is 16.5 Å². The first kappa shape index (κ1) is 11.8. The zero-order valence-electron chi connectivity index (χ0n) is 7.76. The summed E-state index contributed by atoms with van der Waals surface area (Å²) < 4.78 is 23.0. The molecule has 1 aromatic rings. The van der Waals surface area contributed by atoms with Crippen LogP contribution in [0.1, 0.15) is 0 Å². The lowest BCUT2D eigenvalue weighted by atomic mass is 10.4. The molecule has 0 bridgehead atoms. The smallest absolute Gasteiger partial charge is 0.446 e. The molecule has 0 heterocycles. The minimum absolute atomic E-state index is 0.273. The fourth-order valence-electron chi connectivity index (χ4n) is 0.918. The molecule has 1 amide bonds. The molecule has 0 saturated carbocycles. The lowest BCUT2D eigenvalue weighted by Gasteiger charge is -2.07. The Morgan fingerprint density at radius 2 is 1.94 bits per heavy atom. The monoisotopic (exact) mass is 242 g/mol. The molecule has 0 atom stereocenters. The number of benzene rings is 1. The van der Waals surface area contributed by atoms with Crippen LogP contribution in [0.15, 0.2) is 40.5 Å². The normalized spacial score (nSPS) is 10.2. The number of azide groups is 1. The van der Waals surface area contributed by atoms with E-state index in [2.05, 4.69) is 10.1 Å². The predicted octanol–water partition coefficient (Wildman–Crippen LogP) is 1.58. The average Bonchev–Trinajstić information content (AvgIpc) is 2.26. The summed E-state index contributed by atoms with van der Waals surface area (Å²) in [5, 5.41) is 11.2. The Kier molecular flexibility index (Phi) is 3.33. The highest BCUT2D eigenvalue weighted by Crippen LogP contribution is 2.15. The van der Waals surface area contributed by atoms with Gasteiger partial charge in [-0.3, -0.25) is 0 Å². The van der Waals surface area contributed by atoms with Crippen LogP contribution in [0.5, 0.6) is 0 Å². The summed E-state index contributed by atoms with van der Waals surface area (Å²) in [5.74, 6) is 0. The van der Waals surface area contributed by atoms with Gasteiger partial charge in [-0.25, -0.2) is 0 Å². The van der Waals surface area contributed by atoms with E-state index in [0.717, 1.165) is 0 Å². The van der Waals surface area contributed by atoms with Gasteiger partial charge in [-0.15, -0.1) is 5.53 Å². The fraction of sp³-hybridized carbons (Fsp3) is 0. The van der Waals surface area contributed by atoms with Crippen molar-refractivity contribution in [2.75, 3.05) is 0 Å². The van der Waals surface area contributed by atoms with Crippen molar-refractivity contribution in [3.05, 3.63) is 40.8 Å². The molecule has 1 N–H and O–H groups in total. The third-order valence-corrected chi connectivity index (χ3v) is 3.11. The van der Waals surface area contributed by atoms with Crippen LogP contribution in [-0.2, 0) is 10.0 Å². The molecule has 84 valence electrons. The van der Waals surface area contributed by atoms with E-state index in [4.69, 9.17) is 10.6 Å². The molecule has 0 fully saturated rings. The third-order valence-electron chi connectivity index (χ3n) is 1.55. The summed E-state index contributed by atoms with van der Waals surface area (Å²) in [6.07, 6.45) is -1.87. The molecule has 0 aromatic heterocycles. The number of hydrogen-bond donors (Lipinski definition) is 1. The lowest BCUT2D eigenvalue weighted by molar-refractivity contribution is 0.172. The minimum atomic E-state index is -4.35. The Hall–Kier alpha value is -2.25. The predicted molar refractivity (Wildman–Crippen MR) is 52.6 cm³/mol. The number of amides is 1. The summed E-state index contributed by atoms with van der Waals surface area (Å²) in [4.78, 5) is 12.5. The van der Waals surface area contributed by atoms with Crippen molar-refractivity contribution in [2.45, 2.75) is 4.90 Å². The van der Waals surface area contributed by atoms with Crippen LogP contribution < -0.4 is 0 Å². The molecular weight excluding hydrogens is 236 g/mol. The number of carbonyl (C=O) groups is 1. The first-order valence-electron chi connectivity index (χ1n) is 3.88. The maximum atomic E-state index is 11.6. The van der Waals surface area contributed by atoms with Crippen molar-refractivity contribution in [3.8, 4) is 0 Å². The lowest BCUT2D eigenvalue weighted by Crippen LogP contribution is -2.30. The van der Waals surface area contributed by atoms with E-state index in [1.54, 1.807) is 6.07 Å². The van der Waals surface area contributed by atoms with Crippen molar-refractivity contribution in [1.82, 2.24) is 4.41 Å².